The second kappa shape index (κ2) is 4.40. The molecular formula is C11H14N2O3. The molecule has 1 heterocycles. The number of amides is 1. The van der Waals surface area contributed by atoms with Crippen LogP contribution in [0.5, 0.6) is 11.5 Å². The molecule has 0 aromatic heterocycles. The summed E-state index contributed by atoms with van der Waals surface area (Å²) in [7, 11) is 0. The minimum atomic E-state index is -0.156. The molecule has 0 fully saturated rings. The van der Waals surface area contributed by atoms with Gasteiger partial charge in [0.1, 0.15) is 0 Å². The van der Waals surface area contributed by atoms with Gasteiger partial charge in [0, 0.05) is 18.2 Å². The van der Waals surface area contributed by atoms with Gasteiger partial charge in [-0.25, -0.2) is 0 Å². The van der Waals surface area contributed by atoms with Crippen molar-refractivity contribution in [2.45, 2.75) is 13.0 Å². The van der Waals surface area contributed by atoms with Crippen molar-refractivity contribution >= 4 is 5.91 Å². The lowest BCUT2D eigenvalue weighted by molar-refractivity contribution is 0.0941. The third-order valence-electron chi connectivity index (χ3n) is 2.37. The van der Waals surface area contributed by atoms with E-state index in [2.05, 4.69) is 5.32 Å². The Morgan fingerprint density at radius 1 is 1.50 bits per heavy atom. The van der Waals surface area contributed by atoms with Crippen LogP contribution in [0.3, 0.4) is 0 Å². The largest absolute Gasteiger partial charge is 0.454 e. The lowest BCUT2D eigenvalue weighted by Gasteiger charge is -2.11. The molecule has 1 aromatic carbocycles. The van der Waals surface area contributed by atoms with E-state index in [4.69, 9.17) is 15.2 Å². The predicted molar refractivity (Wildman–Crippen MR) is 58.5 cm³/mol. The highest BCUT2D eigenvalue weighted by Gasteiger charge is 2.16. The van der Waals surface area contributed by atoms with Gasteiger partial charge in [-0.15, -0.1) is 0 Å². The molecule has 86 valence electrons. The summed E-state index contributed by atoms with van der Waals surface area (Å²) in [5.74, 6) is 1.12. The molecule has 0 spiro atoms. The topological polar surface area (TPSA) is 73.6 Å². The summed E-state index contributed by atoms with van der Waals surface area (Å²) in [6.07, 6.45) is 0. The van der Waals surface area contributed by atoms with Gasteiger partial charge in [-0.1, -0.05) is 0 Å². The maximum Gasteiger partial charge on any atom is 0.251 e. The lowest BCUT2D eigenvalue weighted by Crippen LogP contribution is -2.37. The fraction of sp³-hybridized carbons (Fsp3) is 0.364. The number of hydrogen-bond acceptors (Lipinski definition) is 4. The molecule has 0 saturated carbocycles. The van der Waals surface area contributed by atoms with Crippen molar-refractivity contribution in [3.8, 4) is 11.5 Å². The zero-order valence-corrected chi connectivity index (χ0v) is 9.03. The van der Waals surface area contributed by atoms with Crippen LogP contribution in [0.15, 0.2) is 18.2 Å². The Kier molecular flexibility index (Phi) is 2.96. The Labute approximate surface area is 93.5 Å². The monoisotopic (exact) mass is 222 g/mol. The second-order valence-corrected chi connectivity index (χ2v) is 3.68. The number of carbonyl (C=O) groups is 1. The van der Waals surface area contributed by atoms with Crippen LogP contribution in [-0.4, -0.2) is 25.3 Å². The molecule has 0 radical (unpaired) electrons. The quantitative estimate of drug-likeness (QED) is 0.780. The molecule has 5 heteroatoms. The van der Waals surface area contributed by atoms with Gasteiger partial charge in [0.2, 0.25) is 6.79 Å². The number of fused-ring (bicyclic) bond motifs is 1. The molecule has 0 bridgehead atoms. The van der Waals surface area contributed by atoms with E-state index < -0.39 is 0 Å². The number of benzene rings is 1. The summed E-state index contributed by atoms with van der Waals surface area (Å²) in [6.45, 7) is 2.47. The van der Waals surface area contributed by atoms with Crippen molar-refractivity contribution in [2.24, 2.45) is 5.73 Å². The molecule has 5 nitrogen and oxygen atoms in total. The van der Waals surface area contributed by atoms with Gasteiger partial charge < -0.3 is 20.5 Å². The highest BCUT2D eigenvalue weighted by molar-refractivity contribution is 5.95. The van der Waals surface area contributed by atoms with Crippen LogP contribution >= 0.6 is 0 Å². The van der Waals surface area contributed by atoms with Crippen LogP contribution in [0, 0.1) is 0 Å². The van der Waals surface area contributed by atoms with Crippen LogP contribution in [0.25, 0.3) is 0 Å². The lowest BCUT2D eigenvalue weighted by atomic mass is 10.2. The van der Waals surface area contributed by atoms with E-state index in [1.165, 1.54) is 0 Å². The van der Waals surface area contributed by atoms with Crippen LogP contribution in [0.1, 0.15) is 17.3 Å². The maximum absolute atomic E-state index is 11.8. The first-order valence-corrected chi connectivity index (χ1v) is 5.11. The fourth-order valence-electron chi connectivity index (χ4n) is 1.40. The molecule has 1 amide bonds. The SMILES string of the molecule is CC(CN)NC(=O)c1ccc2c(c1)OCO2. The van der Waals surface area contributed by atoms with E-state index >= 15 is 0 Å². The van der Waals surface area contributed by atoms with Crippen molar-refractivity contribution in [1.29, 1.82) is 0 Å². The van der Waals surface area contributed by atoms with Crippen molar-refractivity contribution in [1.82, 2.24) is 5.32 Å². The van der Waals surface area contributed by atoms with E-state index in [1.54, 1.807) is 18.2 Å². The number of ether oxygens (including phenoxy) is 2. The molecule has 0 saturated heterocycles. The zero-order chi connectivity index (χ0) is 11.5. The Morgan fingerprint density at radius 3 is 3.00 bits per heavy atom. The second-order valence-electron chi connectivity index (χ2n) is 3.68. The average molecular weight is 222 g/mol. The van der Waals surface area contributed by atoms with Crippen molar-refractivity contribution < 1.29 is 14.3 Å². The standard InChI is InChI=1S/C11H14N2O3/c1-7(5-12)13-11(14)8-2-3-9-10(4-8)16-6-15-9/h2-4,7H,5-6,12H2,1H3,(H,13,14). The molecule has 1 aliphatic rings. The van der Waals surface area contributed by atoms with Crippen LogP contribution in [0.4, 0.5) is 0 Å². The maximum atomic E-state index is 11.8. The van der Waals surface area contributed by atoms with E-state index in [9.17, 15) is 4.79 Å². The summed E-state index contributed by atoms with van der Waals surface area (Å²) in [4.78, 5) is 11.8. The van der Waals surface area contributed by atoms with Crippen molar-refractivity contribution in [2.75, 3.05) is 13.3 Å². The van der Waals surface area contributed by atoms with Gasteiger partial charge in [0.15, 0.2) is 11.5 Å². The molecule has 2 rings (SSSR count). The molecule has 1 atom stereocenters. The summed E-state index contributed by atoms with van der Waals surface area (Å²) in [5.41, 5.74) is 5.98. The van der Waals surface area contributed by atoms with Crippen LogP contribution < -0.4 is 20.5 Å². The molecule has 16 heavy (non-hydrogen) atoms. The Morgan fingerprint density at radius 2 is 2.25 bits per heavy atom. The Hall–Kier alpha value is -1.75. The number of hydrogen-bond donors (Lipinski definition) is 2. The van der Waals surface area contributed by atoms with Crippen molar-refractivity contribution in [3.63, 3.8) is 0 Å². The van der Waals surface area contributed by atoms with Crippen LogP contribution in [0.2, 0.25) is 0 Å². The molecule has 1 aromatic rings. The third kappa shape index (κ3) is 2.09. The predicted octanol–water partition coefficient (Wildman–Crippen LogP) is 0.492. The van der Waals surface area contributed by atoms with E-state index in [-0.39, 0.29) is 18.7 Å². The van der Waals surface area contributed by atoms with Gasteiger partial charge >= 0.3 is 0 Å². The summed E-state index contributed by atoms with van der Waals surface area (Å²) in [5, 5.41) is 2.78. The zero-order valence-electron chi connectivity index (χ0n) is 9.03. The normalized spacial score (nSPS) is 14.6. The van der Waals surface area contributed by atoms with E-state index in [0.29, 0.717) is 23.6 Å². The minimum Gasteiger partial charge on any atom is -0.454 e. The average Bonchev–Trinajstić information content (AvgIpc) is 2.75. The number of carbonyl (C=O) groups excluding carboxylic acids is 1. The highest BCUT2D eigenvalue weighted by Crippen LogP contribution is 2.32. The summed E-state index contributed by atoms with van der Waals surface area (Å²) < 4.78 is 10.4. The van der Waals surface area contributed by atoms with Gasteiger partial charge in [0.05, 0.1) is 0 Å². The Balaban J connectivity index is 2.12. The van der Waals surface area contributed by atoms with Gasteiger partial charge in [-0.3, -0.25) is 4.79 Å². The first-order chi connectivity index (χ1) is 7.70. The van der Waals surface area contributed by atoms with Gasteiger partial charge in [0.25, 0.3) is 5.91 Å². The molecule has 3 N–H and O–H groups in total. The molecule has 1 unspecified atom stereocenters. The minimum absolute atomic E-state index is 0.0436. The highest BCUT2D eigenvalue weighted by atomic mass is 16.7. The summed E-state index contributed by atoms with van der Waals surface area (Å²) in [6, 6.07) is 5.05. The number of nitrogens with two attached hydrogens (primary N) is 1. The van der Waals surface area contributed by atoms with Crippen molar-refractivity contribution in [3.05, 3.63) is 23.8 Å². The number of nitrogens with one attached hydrogen (secondary N) is 1. The first-order valence-electron chi connectivity index (χ1n) is 5.11. The van der Waals surface area contributed by atoms with Crippen LogP contribution in [-0.2, 0) is 0 Å². The van der Waals surface area contributed by atoms with E-state index in [0.717, 1.165) is 0 Å². The van der Waals surface area contributed by atoms with Gasteiger partial charge in [-0.2, -0.15) is 0 Å². The fourth-order valence-corrected chi connectivity index (χ4v) is 1.40. The van der Waals surface area contributed by atoms with Gasteiger partial charge in [-0.05, 0) is 25.1 Å². The Bertz CT molecular complexity index is 406. The molecular weight excluding hydrogens is 208 g/mol. The smallest absolute Gasteiger partial charge is 0.251 e. The third-order valence-corrected chi connectivity index (χ3v) is 2.37. The summed E-state index contributed by atoms with van der Waals surface area (Å²) >= 11 is 0. The first kappa shape index (κ1) is 10.8. The molecule has 1 aliphatic heterocycles. The molecule has 0 aliphatic carbocycles. The number of rotatable bonds is 3. The van der Waals surface area contributed by atoms with E-state index in [1.807, 2.05) is 6.92 Å².